The van der Waals surface area contributed by atoms with Crippen molar-refractivity contribution in [2.45, 2.75) is 32.7 Å². The molecule has 0 aliphatic carbocycles. The fourth-order valence-corrected chi connectivity index (χ4v) is 1.74. The Morgan fingerprint density at radius 3 is 2.71 bits per heavy atom. The van der Waals surface area contributed by atoms with Gasteiger partial charge >= 0.3 is 0 Å². The molecule has 0 aliphatic rings. The first-order valence-electron chi connectivity index (χ1n) is 6.26. The van der Waals surface area contributed by atoms with Crippen molar-refractivity contribution in [3.8, 4) is 11.5 Å². The van der Waals surface area contributed by atoms with Gasteiger partial charge in [0.25, 0.3) is 0 Å². The van der Waals surface area contributed by atoms with E-state index in [4.69, 9.17) is 9.47 Å². The van der Waals surface area contributed by atoms with Crippen molar-refractivity contribution < 1.29 is 9.47 Å². The molecule has 1 aromatic rings. The maximum absolute atomic E-state index is 5.85. The Morgan fingerprint density at radius 1 is 1.24 bits per heavy atom. The van der Waals surface area contributed by atoms with Crippen LogP contribution in [0.1, 0.15) is 31.7 Å². The summed E-state index contributed by atoms with van der Waals surface area (Å²) in [4.78, 5) is 0. The van der Waals surface area contributed by atoms with Gasteiger partial charge in [0.2, 0.25) is 0 Å². The first-order chi connectivity index (χ1) is 8.33. The molecule has 1 N–H and O–H groups in total. The van der Waals surface area contributed by atoms with Crippen LogP contribution in [0.4, 0.5) is 0 Å². The van der Waals surface area contributed by atoms with Gasteiger partial charge in [-0.2, -0.15) is 0 Å². The van der Waals surface area contributed by atoms with Crippen molar-refractivity contribution in [2.24, 2.45) is 0 Å². The predicted octanol–water partition coefficient (Wildman–Crippen LogP) is 2.98. The van der Waals surface area contributed by atoms with Crippen LogP contribution in [-0.4, -0.2) is 20.8 Å². The Labute approximate surface area is 104 Å². The van der Waals surface area contributed by atoms with Crippen LogP contribution in [0.25, 0.3) is 0 Å². The standard InChI is InChI=1S/C14H23NO2/c1-4-5-6-10-17-14-12(11-15-2)8-7-9-13(14)16-3/h7-9,15H,4-6,10-11H2,1-3H3. The normalized spacial score (nSPS) is 10.3. The summed E-state index contributed by atoms with van der Waals surface area (Å²) in [5.41, 5.74) is 1.14. The highest BCUT2D eigenvalue weighted by atomic mass is 16.5. The van der Waals surface area contributed by atoms with Gasteiger partial charge in [0.1, 0.15) is 0 Å². The second-order valence-electron chi connectivity index (χ2n) is 4.03. The lowest BCUT2D eigenvalue weighted by atomic mass is 10.2. The van der Waals surface area contributed by atoms with E-state index < -0.39 is 0 Å². The van der Waals surface area contributed by atoms with E-state index in [9.17, 15) is 0 Å². The molecular weight excluding hydrogens is 214 g/mol. The predicted molar refractivity (Wildman–Crippen MR) is 70.8 cm³/mol. The van der Waals surface area contributed by atoms with Crippen molar-refractivity contribution in [1.82, 2.24) is 5.32 Å². The third-order valence-electron chi connectivity index (χ3n) is 2.64. The molecule has 0 saturated carbocycles. The Morgan fingerprint density at radius 2 is 2.06 bits per heavy atom. The molecule has 3 nitrogen and oxygen atoms in total. The minimum Gasteiger partial charge on any atom is -0.493 e. The minimum absolute atomic E-state index is 0.755. The molecule has 1 rings (SSSR count). The Kier molecular flexibility index (Phi) is 6.48. The third kappa shape index (κ3) is 4.27. The summed E-state index contributed by atoms with van der Waals surface area (Å²) in [7, 11) is 3.61. The van der Waals surface area contributed by atoms with Crippen LogP contribution in [0, 0.1) is 0 Å². The third-order valence-corrected chi connectivity index (χ3v) is 2.64. The molecule has 0 atom stereocenters. The van der Waals surface area contributed by atoms with E-state index in [1.165, 1.54) is 12.8 Å². The monoisotopic (exact) mass is 237 g/mol. The van der Waals surface area contributed by atoms with Crippen molar-refractivity contribution in [3.05, 3.63) is 23.8 Å². The summed E-state index contributed by atoms with van der Waals surface area (Å²) in [6.07, 6.45) is 3.50. The second-order valence-corrected chi connectivity index (χ2v) is 4.03. The van der Waals surface area contributed by atoms with Gasteiger partial charge < -0.3 is 14.8 Å². The van der Waals surface area contributed by atoms with Crippen LogP contribution >= 0.6 is 0 Å². The molecule has 96 valence electrons. The van der Waals surface area contributed by atoms with Gasteiger partial charge in [0, 0.05) is 12.1 Å². The van der Waals surface area contributed by atoms with E-state index in [2.05, 4.69) is 18.3 Å². The molecule has 0 aliphatic heterocycles. The van der Waals surface area contributed by atoms with Gasteiger partial charge in [-0.25, -0.2) is 0 Å². The van der Waals surface area contributed by atoms with Gasteiger partial charge in [0.15, 0.2) is 11.5 Å². The number of nitrogens with one attached hydrogen (secondary N) is 1. The Balaban J connectivity index is 2.70. The van der Waals surface area contributed by atoms with Crippen LogP contribution in [0.2, 0.25) is 0 Å². The van der Waals surface area contributed by atoms with Crippen LogP contribution in [0.15, 0.2) is 18.2 Å². The highest BCUT2D eigenvalue weighted by molar-refractivity contribution is 5.46. The molecular formula is C14H23NO2. The number of benzene rings is 1. The average molecular weight is 237 g/mol. The lowest BCUT2D eigenvalue weighted by Crippen LogP contribution is -2.09. The number of hydrogen-bond donors (Lipinski definition) is 1. The average Bonchev–Trinajstić information content (AvgIpc) is 2.36. The fourth-order valence-electron chi connectivity index (χ4n) is 1.74. The SMILES string of the molecule is CCCCCOc1c(CNC)cccc1OC. The molecule has 0 amide bonds. The van der Waals surface area contributed by atoms with Crippen molar-refractivity contribution in [1.29, 1.82) is 0 Å². The van der Waals surface area contributed by atoms with Crippen LogP contribution in [0.3, 0.4) is 0 Å². The molecule has 3 heteroatoms. The number of para-hydroxylation sites is 1. The van der Waals surface area contributed by atoms with Gasteiger partial charge in [-0.3, -0.25) is 0 Å². The summed E-state index contributed by atoms with van der Waals surface area (Å²) in [6.45, 7) is 3.74. The van der Waals surface area contributed by atoms with Gasteiger partial charge in [-0.1, -0.05) is 31.9 Å². The molecule has 17 heavy (non-hydrogen) atoms. The molecule has 0 radical (unpaired) electrons. The zero-order valence-corrected chi connectivity index (χ0v) is 11.1. The number of hydrogen-bond acceptors (Lipinski definition) is 3. The van der Waals surface area contributed by atoms with Gasteiger partial charge in [-0.15, -0.1) is 0 Å². The molecule has 0 fully saturated rings. The van der Waals surface area contributed by atoms with E-state index in [1.807, 2.05) is 19.2 Å². The Hall–Kier alpha value is -1.22. The highest BCUT2D eigenvalue weighted by Crippen LogP contribution is 2.31. The molecule has 0 bridgehead atoms. The quantitative estimate of drug-likeness (QED) is 0.705. The van der Waals surface area contributed by atoms with Crippen molar-refractivity contribution in [2.75, 3.05) is 20.8 Å². The first kappa shape index (κ1) is 13.8. The largest absolute Gasteiger partial charge is 0.493 e. The molecule has 0 aromatic heterocycles. The second kappa shape index (κ2) is 7.96. The number of rotatable bonds is 8. The summed E-state index contributed by atoms with van der Waals surface area (Å²) < 4.78 is 11.2. The summed E-state index contributed by atoms with van der Waals surface area (Å²) in [6, 6.07) is 5.99. The molecule has 1 aromatic carbocycles. The minimum atomic E-state index is 0.755. The van der Waals surface area contributed by atoms with Crippen molar-refractivity contribution >= 4 is 0 Å². The highest BCUT2D eigenvalue weighted by Gasteiger charge is 2.09. The molecule has 0 heterocycles. The molecule has 0 spiro atoms. The topological polar surface area (TPSA) is 30.5 Å². The van der Waals surface area contributed by atoms with E-state index in [1.54, 1.807) is 7.11 Å². The lowest BCUT2D eigenvalue weighted by molar-refractivity contribution is 0.282. The number of ether oxygens (including phenoxy) is 2. The maximum Gasteiger partial charge on any atom is 0.165 e. The van der Waals surface area contributed by atoms with E-state index >= 15 is 0 Å². The number of methoxy groups -OCH3 is 1. The zero-order valence-electron chi connectivity index (χ0n) is 11.1. The zero-order chi connectivity index (χ0) is 12.5. The van der Waals surface area contributed by atoms with Crippen LogP contribution < -0.4 is 14.8 Å². The summed E-state index contributed by atoms with van der Waals surface area (Å²) in [5.74, 6) is 1.69. The molecule has 0 saturated heterocycles. The fraction of sp³-hybridized carbons (Fsp3) is 0.571. The smallest absolute Gasteiger partial charge is 0.165 e. The summed E-state index contributed by atoms with van der Waals surface area (Å²) >= 11 is 0. The van der Waals surface area contributed by atoms with Gasteiger partial charge in [-0.05, 0) is 19.5 Å². The molecule has 0 unspecified atom stereocenters. The maximum atomic E-state index is 5.85. The van der Waals surface area contributed by atoms with Crippen LogP contribution in [0.5, 0.6) is 11.5 Å². The number of unbranched alkanes of at least 4 members (excludes halogenated alkanes) is 2. The van der Waals surface area contributed by atoms with Gasteiger partial charge in [0.05, 0.1) is 13.7 Å². The Bertz CT molecular complexity index is 326. The lowest BCUT2D eigenvalue weighted by Gasteiger charge is -2.14. The first-order valence-corrected chi connectivity index (χ1v) is 6.26. The van der Waals surface area contributed by atoms with E-state index in [0.29, 0.717) is 0 Å². The van der Waals surface area contributed by atoms with Crippen LogP contribution in [-0.2, 0) is 6.54 Å². The summed E-state index contributed by atoms with van der Waals surface area (Å²) in [5, 5.41) is 3.14. The van der Waals surface area contributed by atoms with E-state index in [-0.39, 0.29) is 0 Å². The van der Waals surface area contributed by atoms with E-state index in [0.717, 1.165) is 36.6 Å². The van der Waals surface area contributed by atoms with Crippen molar-refractivity contribution in [3.63, 3.8) is 0 Å².